The zero-order valence-corrected chi connectivity index (χ0v) is 16.7. The number of hydrogen-bond donors (Lipinski definition) is 2. The molecule has 0 unspecified atom stereocenters. The van der Waals surface area contributed by atoms with Gasteiger partial charge < -0.3 is 10.6 Å². The smallest absolute Gasteiger partial charge is 0.253 e. The zero-order valence-electron chi connectivity index (χ0n) is 15.9. The van der Waals surface area contributed by atoms with Gasteiger partial charge in [0.1, 0.15) is 5.84 Å². The van der Waals surface area contributed by atoms with E-state index in [0.29, 0.717) is 28.7 Å². The van der Waals surface area contributed by atoms with Gasteiger partial charge in [-0.25, -0.2) is 0 Å². The summed E-state index contributed by atoms with van der Waals surface area (Å²) < 4.78 is 0. The highest BCUT2D eigenvalue weighted by atomic mass is 35.5. The summed E-state index contributed by atoms with van der Waals surface area (Å²) in [7, 11) is 0. The predicted octanol–water partition coefficient (Wildman–Crippen LogP) is 3.28. The van der Waals surface area contributed by atoms with Crippen molar-refractivity contribution in [3.63, 3.8) is 0 Å². The number of aryl methyl sites for hydroxylation is 1. The zero-order chi connectivity index (χ0) is 19.5. The van der Waals surface area contributed by atoms with Crippen LogP contribution in [-0.2, 0) is 6.54 Å². The Morgan fingerprint density at radius 1 is 1.25 bits per heavy atom. The molecule has 1 aliphatic carbocycles. The van der Waals surface area contributed by atoms with Crippen molar-refractivity contribution in [1.29, 1.82) is 0 Å². The largest absolute Gasteiger partial charge is 0.370 e. The van der Waals surface area contributed by atoms with Crippen molar-refractivity contribution >= 4 is 23.3 Å². The molecular formula is C21H24ClN5O. The van der Waals surface area contributed by atoms with E-state index in [4.69, 9.17) is 11.6 Å². The summed E-state index contributed by atoms with van der Waals surface area (Å²) in [6.45, 7) is 3.40. The van der Waals surface area contributed by atoms with Crippen molar-refractivity contribution in [2.75, 3.05) is 6.54 Å². The third kappa shape index (κ3) is 4.17. The Kier molecular flexibility index (Phi) is 5.57. The maximum Gasteiger partial charge on any atom is 0.253 e. The molecule has 2 aromatic rings. The molecule has 6 nitrogen and oxygen atoms in total. The normalized spacial score (nSPS) is 21.0. The summed E-state index contributed by atoms with van der Waals surface area (Å²) in [6, 6.07) is 5.91. The van der Waals surface area contributed by atoms with Crippen LogP contribution in [0.25, 0.3) is 0 Å². The molecule has 7 heteroatoms. The molecule has 1 fully saturated rings. The van der Waals surface area contributed by atoms with E-state index in [1.807, 2.05) is 19.2 Å². The Morgan fingerprint density at radius 3 is 2.89 bits per heavy atom. The highest BCUT2D eigenvalue weighted by Crippen LogP contribution is 2.25. The lowest BCUT2D eigenvalue weighted by atomic mass is 9.86. The molecular weight excluding hydrogens is 374 g/mol. The first-order valence-electron chi connectivity index (χ1n) is 9.75. The van der Waals surface area contributed by atoms with Crippen LogP contribution in [0.2, 0.25) is 5.02 Å². The summed E-state index contributed by atoms with van der Waals surface area (Å²) in [5.74, 6) is 1.46. The number of carbonyl (C=O) groups is 1. The van der Waals surface area contributed by atoms with Crippen LogP contribution in [0.5, 0.6) is 0 Å². The molecule has 4 rings (SSSR count). The maximum absolute atomic E-state index is 12.5. The molecule has 0 spiro atoms. The third-order valence-corrected chi connectivity index (χ3v) is 5.78. The van der Waals surface area contributed by atoms with E-state index in [1.165, 1.54) is 0 Å². The van der Waals surface area contributed by atoms with Crippen LogP contribution < -0.4 is 10.6 Å². The van der Waals surface area contributed by atoms with Crippen molar-refractivity contribution < 1.29 is 4.79 Å². The Hall–Kier alpha value is -2.47. The lowest BCUT2D eigenvalue weighted by molar-refractivity contribution is 0.0921. The summed E-state index contributed by atoms with van der Waals surface area (Å²) >= 11 is 5.98. The van der Waals surface area contributed by atoms with Gasteiger partial charge in [0.05, 0.1) is 28.5 Å². The van der Waals surface area contributed by atoms with E-state index in [-0.39, 0.29) is 11.9 Å². The molecule has 2 N–H and O–H groups in total. The molecule has 0 radical (unpaired) electrons. The number of nitrogens with zero attached hydrogens (tertiary/aromatic N) is 3. The van der Waals surface area contributed by atoms with Crippen molar-refractivity contribution in [2.24, 2.45) is 10.9 Å². The molecule has 0 bridgehead atoms. The monoisotopic (exact) mass is 397 g/mol. The molecule has 0 aromatic carbocycles. The molecule has 1 aliphatic heterocycles. The minimum absolute atomic E-state index is 0.0847. The average Bonchev–Trinajstić information content (AvgIpc) is 3.12. The number of nitrogens with one attached hydrogen (secondary N) is 2. The summed E-state index contributed by atoms with van der Waals surface area (Å²) in [6.07, 6.45) is 7.50. The van der Waals surface area contributed by atoms with Crippen LogP contribution >= 0.6 is 11.6 Å². The molecule has 1 amide bonds. The van der Waals surface area contributed by atoms with E-state index >= 15 is 0 Å². The Bertz CT molecular complexity index is 905. The van der Waals surface area contributed by atoms with Gasteiger partial charge in [-0.3, -0.25) is 19.8 Å². The summed E-state index contributed by atoms with van der Waals surface area (Å²) in [5, 5.41) is 7.13. The number of carbonyl (C=O) groups excluding carboxylic acids is 1. The number of aromatic nitrogens is 2. The number of amides is 1. The summed E-state index contributed by atoms with van der Waals surface area (Å²) in [4.78, 5) is 25.6. The molecule has 0 saturated heterocycles. The first-order chi connectivity index (χ1) is 13.6. The van der Waals surface area contributed by atoms with E-state index in [9.17, 15) is 4.79 Å². The molecule has 0 atom stereocenters. The van der Waals surface area contributed by atoms with Crippen LogP contribution in [0.1, 0.15) is 53.0 Å². The summed E-state index contributed by atoms with van der Waals surface area (Å²) in [5.41, 5.74) is 3.42. The maximum atomic E-state index is 12.5. The second-order valence-electron chi connectivity index (χ2n) is 7.52. The molecule has 146 valence electrons. The number of fused-ring (bicyclic) bond motifs is 1. The Morgan fingerprint density at radius 2 is 2.07 bits per heavy atom. The predicted molar refractivity (Wildman–Crippen MR) is 110 cm³/mol. The van der Waals surface area contributed by atoms with Gasteiger partial charge in [-0.2, -0.15) is 0 Å². The van der Waals surface area contributed by atoms with E-state index in [1.54, 1.807) is 12.3 Å². The number of hydrogen-bond acceptors (Lipinski definition) is 5. The molecule has 2 aliphatic rings. The van der Waals surface area contributed by atoms with Crippen molar-refractivity contribution in [2.45, 2.75) is 45.2 Å². The SMILES string of the molecule is Cc1ncc(Cl)cc1C(=O)NC1CCC(CNC2=NCc3ncccc32)CC1. The van der Waals surface area contributed by atoms with E-state index < -0.39 is 0 Å². The minimum atomic E-state index is -0.0847. The van der Waals surface area contributed by atoms with Crippen molar-refractivity contribution in [3.05, 3.63) is 58.1 Å². The third-order valence-electron chi connectivity index (χ3n) is 5.57. The van der Waals surface area contributed by atoms with Gasteiger partial charge in [0.2, 0.25) is 0 Å². The van der Waals surface area contributed by atoms with Crippen LogP contribution in [0.4, 0.5) is 0 Å². The van der Waals surface area contributed by atoms with Gasteiger partial charge in [-0.05, 0) is 56.7 Å². The highest BCUT2D eigenvalue weighted by Gasteiger charge is 2.24. The Labute approximate surface area is 169 Å². The van der Waals surface area contributed by atoms with Gasteiger partial charge in [-0.15, -0.1) is 0 Å². The first-order valence-corrected chi connectivity index (χ1v) is 10.1. The van der Waals surface area contributed by atoms with Gasteiger partial charge in [-0.1, -0.05) is 11.6 Å². The number of amidine groups is 1. The number of pyridine rings is 2. The van der Waals surface area contributed by atoms with Crippen LogP contribution in [0.15, 0.2) is 35.6 Å². The first kappa shape index (κ1) is 18.9. The highest BCUT2D eigenvalue weighted by molar-refractivity contribution is 6.30. The fraction of sp³-hybridized carbons (Fsp3) is 0.429. The fourth-order valence-corrected chi connectivity index (χ4v) is 4.08. The lowest BCUT2D eigenvalue weighted by Crippen LogP contribution is -2.40. The van der Waals surface area contributed by atoms with E-state index in [2.05, 4.69) is 31.7 Å². The van der Waals surface area contributed by atoms with E-state index in [0.717, 1.165) is 49.3 Å². The van der Waals surface area contributed by atoms with Crippen LogP contribution in [-0.4, -0.2) is 34.3 Å². The Balaban J connectivity index is 1.25. The number of aliphatic imine (C=N–C) groups is 1. The fourth-order valence-electron chi connectivity index (χ4n) is 3.92. The topological polar surface area (TPSA) is 79.3 Å². The van der Waals surface area contributed by atoms with Crippen molar-refractivity contribution in [3.8, 4) is 0 Å². The van der Waals surface area contributed by atoms with Gasteiger partial charge in [0.15, 0.2) is 0 Å². The lowest BCUT2D eigenvalue weighted by Gasteiger charge is -2.29. The average molecular weight is 398 g/mol. The second-order valence-corrected chi connectivity index (χ2v) is 7.96. The number of rotatable bonds is 4. The molecule has 3 heterocycles. The van der Waals surface area contributed by atoms with Gasteiger partial charge >= 0.3 is 0 Å². The van der Waals surface area contributed by atoms with Crippen LogP contribution in [0, 0.1) is 12.8 Å². The van der Waals surface area contributed by atoms with Gasteiger partial charge in [0.25, 0.3) is 5.91 Å². The standard InChI is InChI=1S/C21H24ClN5O/c1-13-18(9-15(22)11-24-13)21(28)27-16-6-4-14(5-7-16)10-25-20-17-3-2-8-23-19(17)12-26-20/h2-3,8-9,11,14,16H,4-7,10,12H2,1H3,(H,25,26)(H,27,28). The molecule has 28 heavy (non-hydrogen) atoms. The number of halogens is 1. The second kappa shape index (κ2) is 8.27. The van der Waals surface area contributed by atoms with Crippen LogP contribution in [0.3, 0.4) is 0 Å². The molecule has 1 saturated carbocycles. The quantitative estimate of drug-likeness (QED) is 0.829. The van der Waals surface area contributed by atoms with Crippen molar-refractivity contribution in [1.82, 2.24) is 20.6 Å². The van der Waals surface area contributed by atoms with Gasteiger partial charge in [0, 0.05) is 30.5 Å². The minimum Gasteiger partial charge on any atom is -0.370 e. The molecule has 2 aromatic heterocycles.